The number of nitrogens with zero attached hydrogens (tertiary/aromatic N) is 1. The number of amides is 2. The average Bonchev–Trinajstić information content (AvgIpc) is 3.24. The lowest BCUT2D eigenvalue weighted by molar-refractivity contribution is -0.141. The van der Waals surface area contributed by atoms with E-state index in [9.17, 15) is 9.59 Å². The second-order valence-electron chi connectivity index (χ2n) is 7.91. The molecule has 5 nitrogen and oxygen atoms in total. The van der Waals surface area contributed by atoms with Crippen molar-refractivity contribution in [1.82, 2.24) is 10.2 Å². The maximum Gasteiger partial charge on any atom is 0.235 e. The van der Waals surface area contributed by atoms with Crippen molar-refractivity contribution in [3.05, 3.63) is 35.9 Å². The van der Waals surface area contributed by atoms with Gasteiger partial charge in [-0.3, -0.25) is 9.59 Å². The Balaban J connectivity index is 1.49. The topological polar surface area (TPSA) is 58.6 Å². The molecule has 0 bridgehead atoms. The fourth-order valence-electron chi connectivity index (χ4n) is 4.81. The number of hydrogen-bond acceptors (Lipinski definition) is 3. The molecule has 0 saturated carbocycles. The molecule has 0 aliphatic carbocycles. The van der Waals surface area contributed by atoms with Crippen molar-refractivity contribution in [2.24, 2.45) is 5.92 Å². The zero-order valence-corrected chi connectivity index (χ0v) is 15.3. The molecule has 3 aliphatic rings. The molecule has 0 aromatic heterocycles. The van der Waals surface area contributed by atoms with Gasteiger partial charge in [0.15, 0.2) is 0 Å². The van der Waals surface area contributed by atoms with Crippen LogP contribution in [0, 0.1) is 5.92 Å². The summed E-state index contributed by atoms with van der Waals surface area (Å²) in [6.45, 7) is 2.89. The van der Waals surface area contributed by atoms with E-state index in [0.717, 1.165) is 38.1 Å². The number of hydrogen-bond donors (Lipinski definition) is 1. The summed E-state index contributed by atoms with van der Waals surface area (Å²) in [5, 5.41) is 2.94. The maximum atomic E-state index is 13.6. The molecule has 1 aromatic carbocycles. The normalized spacial score (nSPS) is 30.2. The minimum absolute atomic E-state index is 0.0430. The van der Waals surface area contributed by atoms with E-state index in [1.165, 1.54) is 12.8 Å². The SMILES string of the molecule is O=C1CCC(C(=O)N2CCC(C3CCCO3)CC2)(c2ccccc2)CN1. The molecule has 2 amide bonds. The highest BCUT2D eigenvalue weighted by Crippen LogP contribution is 2.36. The van der Waals surface area contributed by atoms with Crippen LogP contribution in [0.5, 0.6) is 0 Å². The van der Waals surface area contributed by atoms with Gasteiger partial charge in [-0.2, -0.15) is 0 Å². The highest BCUT2D eigenvalue weighted by molar-refractivity contribution is 5.91. The van der Waals surface area contributed by atoms with Gasteiger partial charge in [-0.1, -0.05) is 30.3 Å². The second-order valence-corrected chi connectivity index (χ2v) is 7.91. The number of piperidine rings is 2. The highest BCUT2D eigenvalue weighted by atomic mass is 16.5. The smallest absolute Gasteiger partial charge is 0.235 e. The van der Waals surface area contributed by atoms with Crippen LogP contribution in [-0.4, -0.2) is 49.1 Å². The Morgan fingerprint density at radius 2 is 1.92 bits per heavy atom. The van der Waals surface area contributed by atoms with Crippen LogP contribution in [0.1, 0.15) is 44.1 Å². The lowest BCUT2D eigenvalue weighted by Crippen LogP contribution is -2.57. The van der Waals surface area contributed by atoms with Crippen molar-refractivity contribution in [3.63, 3.8) is 0 Å². The molecule has 140 valence electrons. The van der Waals surface area contributed by atoms with Crippen LogP contribution < -0.4 is 5.32 Å². The van der Waals surface area contributed by atoms with E-state index in [2.05, 4.69) is 5.32 Å². The van der Waals surface area contributed by atoms with Gasteiger partial charge in [0.1, 0.15) is 0 Å². The van der Waals surface area contributed by atoms with Gasteiger partial charge in [0.2, 0.25) is 11.8 Å². The first-order chi connectivity index (χ1) is 12.7. The molecular weight excluding hydrogens is 328 g/mol. The number of benzene rings is 1. The van der Waals surface area contributed by atoms with Crippen LogP contribution in [0.2, 0.25) is 0 Å². The Morgan fingerprint density at radius 3 is 2.54 bits per heavy atom. The Bertz CT molecular complexity index is 636. The van der Waals surface area contributed by atoms with Gasteiger partial charge in [-0.05, 0) is 43.6 Å². The molecule has 2 unspecified atom stereocenters. The fourth-order valence-corrected chi connectivity index (χ4v) is 4.81. The first-order valence-electron chi connectivity index (χ1n) is 9.92. The number of carbonyl (C=O) groups excluding carboxylic acids is 2. The van der Waals surface area contributed by atoms with Crippen molar-refractivity contribution in [1.29, 1.82) is 0 Å². The van der Waals surface area contributed by atoms with Crippen LogP contribution in [0.15, 0.2) is 30.3 Å². The largest absolute Gasteiger partial charge is 0.378 e. The summed E-state index contributed by atoms with van der Waals surface area (Å²) in [6, 6.07) is 9.97. The van der Waals surface area contributed by atoms with Crippen molar-refractivity contribution < 1.29 is 14.3 Å². The van der Waals surface area contributed by atoms with Crippen LogP contribution >= 0.6 is 0 Å². The molecule has 3 fully saturated rings. The predicted molar refractivity (Wildman–Crippen MR) is 98.6 cm³/mol. The summed E-state index contributed by atoms with van der Waals surface area (Å²) in [7, 11) is 0. The minimum Gasteiger partial charge on any atom is -0.378 e. The van der Waals surface area contributed by atoms with Crippen LogP contribution in [-0.2, 0) is 19.7 Å². The minimum atomic E-state index is -0.619. The zero-order valence-electron chi connectivity index (χ0n) is 15.3. The first kappa shape index (κ1) is 17.5. The van der Waals surface area contributed by atoms with Crippen molar-refractivity contribution >= 4 is 11.8 Å². The van der Waals surface area contributed by atoms with Crippen LogP contribution in [0.4, 0.5) is 0 Å². The highest BCUT2D eigenvalue weighted by Gasteiger charge is 2.46. The van der Waals surface area contributed by atoms with E-state index in [1.54, 1.807) is 0 Å². The molecule has 1 aromatic rings. The molecule has 2 atom stereocenters. The Labute approximate surface area is 155 Å². The number of carbonyl (C=O) groups is 2. The number of rotatable bonds is 3. The van der Waals surface area contributed by atoms with Gasteiger partial charge in [-0.25, -0.2) is 0 Å². The van der Waals surface area contributed by atoms with Crippen molar-refractivity contribution in [2.75, 3.05) is 26.2 Å². The molecule has 0 spiro atoms. The zero-order chi connectivity index (χ0) is 18.0. The van der Waals surface area contributed by atoms with E-state index < -0.39 is 5.41 Å². The molecule has 3 aliphatic heterocycles. The summed E-state index contributed by atoms with van der Waals surface area (Å²) < 4.78 is 5.85. The lowest BCUT2D eigenvalue weighted by atomic mass is 9.73. The van der Waals surface area contributed by atoms with Gasteiger partial charge in [0.05, 0.1) is 11.5 Å². The van der Waals surface area contributed by atoms with E-state index in [-0.39, 0.29) is 11.8 Å². The summed E-state index contributed by atoms with van der Waals surface area (Å²) in [6.07, 6.45) is 5.77. The Kier molecular flexibility index (Phi) is 4.98. The number of nitrogens with one attached hydrogen (secondary N) is 1. The Morgan fingerprint density at radius 1 is 1.15 bits per heavy atom. The molecular formula is C21H28N2O3. The summed E-state index contributed by atoms with van der Waals surface area (Å²) in [5.74, 6) is 0.802. The quantitative estimate of drug-likeness (QED) is 0.904. The Hall–Kier alpha value is -1.88. The molecule has 26 heavy (non-hydrogen) atoms. The third kappa shape index (κ3) is 3.25. The third-order valence-electron chi connectivity index (χ3n) is 6.42. The van der Waals surface area contributed by atoms with Gasteiger partial charge in [0.25, 0.3) is 0 Å². The average molecular weight is 356 g/mol. The molecule has 3 heterocycles. The van der Waals surface area contributed by atoms with E-state index in [0.29, 0.717) is 31.4 Å². The summed E-state index contributed by atoms with van der Waals surface area (Å²) >= 11 is 0. The third-order valence-corrected chi connectivity index (χ3v) is 6.42. The number of ether oxygens (including phenoxy) is 1. The van der Waals surface area contributed by atoms with Crippen molar-refractivity contribution in [3.8, 4) is 0 Å². The summed E-state index contributed by atoms with van der Waals surface area (Å²) in [5.41, 5.74) is 0.400. The molecule has 4 rings (SSSR count). The van der Waals surface area contributed by atoms with E-state index in [4.69, 9.17) is 4.74 Å². The monoisotopic (exact) mass is 356 g/mol. The lowest BCUT2D eigenvalue weighted by Gasteiger charge is -2.43. The van der Waals surface area contributed by atoms with Gasteiger partial charge >= 0.3 is 0 Å². The summed E-state index contributed by atoms with van der Waals surface area (Å²) in [4.78, 5) is 27.3. The van der Waals surface area contributed by atoms with Crippen LogP contribution in [0.3, 0.4) is 0 Å². The number of likely N-dealkylation sites (tertiary alicyclic amines) is 1. The second kappa shape index (κ2) is 7.39. The van der Waals surface area contributed by atoms with Crippen LogP contribution in [0.25, 0.3) is 0 Å². The van der Waals surface area contributed by atoms with Gasteiger partial charge < -0.3 is 15.0 Å². The van der Waals surface area contributed by atoms with E-state index in [1.807, 2.05) is 35.2 Å². The molecule has 1 N–H and O–H groups in total. The molecule has 0 radical (unpaired) electrons. The molecule has 5 heteroatoms. The predicted octanol–water partition coefficient (Wildman–Crippen LogP) is 2.25. The fraction of sp³-hybridized carbons (Fsp3) is 0.619. The standard InChI is InChI=1S/C21H28N2O3/c24-19-8-11-21(15-22-19,17-5-2-1-3-6-17)20(25)23-12-9-16(10-13-23)18-7-4-14-26-18/h1-3,5-6,16,18H,4,7-15H2,(H,22,24). The van der Waals surface area contributed by atoms with Gasteiger partial charge in [0, 0.05) is 32.7 Å². The first-order valence-corrected chi connectivity index (χ1v) is 9.92. The van der Waals surface area contributed by atoms with Crippen molar-refractivity contribution in [2.45, 2.75) is 50.0 Å². The molecule has 3 saturated heterocycles. The van der Waals surface area contributed by atoms with Gasteiger partial charge in [-0.15, -0.1) is 0 Å². The van der Waals surface area contributed by atoms with E-state index >= 15 is 0 Å². The maximum absolute atomic E-state index is 13.6.